The summed E-state index contributed by atoms with van der Waals surface area (Å²) in [6.07, 6.45) is 5.37. The molecule has 0 spiro atoms. The van der Waals surface area contributed by atoms with E-state index < -0.39 is 36.4 Å². The van der Waals surface area contributed by atoms with Crippen molar-refractivity contribution in [2.75, 3.05) is 66.7 Å². The van der Waals surface area contributed by atoms with E-state index in [2.05, 4.69) is 21.3 Å². The van der Waals surface area contributed by atoms with Crippen molar-refractivity contribution < 1.29 is 47.7 Å². The van der Waals surface area contributed by atoms with Crippen molar-refractivity contribution in [1.82, 2.24) is 40.9 Å². The number of likely N-dealkylation sites (N-methyl/N-ethyl adjacent to an activating group) is 2. The van der Waals surface area contributed by atoms with E-state index in [0.29, 0.717) is 78.3 Å². The molecule has 10 atom stereocenters. The Balaban J connectivity index is 0.00000562. The molecule has 4 aliphatic rings. The van der Waals surface area contributed by atoms with Gasteiger partial charge in [0.15, 0.2) is 0 Å². The third kappa shape index (κ3) is 16.4. The molecule has 4 saturated heterocycles. The molecule has 4 N–H and O–H groups in total. The topological polar surface area (TPSA) is 200 Å². The number of cyclic esters (lactones) is 2. The Kier molecular flexibility index (Phi) is 24.8. The van der Waals surface area contributed by atoms with Gasteiger partial charge in [0.25, 0.3) is 0 Å². The van der Waals surface area contributed by atoms with Gasteiger partial charge in [-0.3, -0.25) is 29.0 Å². The number of hydrogen-bond acceptors (Lipinski definition) is 12. The summed E-state index contributed by atoms with van der Waals surface area (Å²) in [4.78, 5) is 88.1. The minimum atomic E-state index is -0.930. The van der Waals surface area contributed by atoms with Crippen LogP contribution in [0.4, 0.5) is 9.59 Å². The molecule has 6 amide bonds. The second-order valence-corrected chi connectivity index (χ2v) is 19.4. The van der Waals surface area contributed by atoms with Gasteiger partial charge in [0, 0.05) is 51.5 Å². The Morgan fingerprint density at radius 2 is 0.958 bits per heavy atom. The van der Waals surface area contributed by atoms with Crippen LogP contribution in [0.2, 0.25) is 0 Å². The summed E-state index contributed by atoms with van der Waals surface area (Å²) in [6, 6.07) is 16.3. The van der Waals surface area contributed by atoms with Gasteiger partial charge in [-0.1, -0.05) is 73.5 Å². The Morgan fingerprint density at radius 1 is 0.583 bits per heavy atom. The van der Waals surface area contributed by atoms with Crippen molar-refractivity contribution in [2.24, 2.45) is 0 Å². The molecule has 0 radical (unpaired) electrons. The van der Waals surface area contributed by atoms with Gasteiger partial charge >= 0.3 is 12.2 Å². The highest BCUT2D eigenvalue weighted by Crippen LogP contribution is 2.27. The molecule has 4 heterocycles. The van der Waals surface area contributed by atoms with E-state index in [1.165, 1.54) is 0 Å². The fourth-order valence-electron chi connectivity index (χ4n) is 9.85. The average molecular weight is 1050 g/mol. The molecule has 72 heavy (non-hydrogen) atoms. The molecule has 402 valence electrons. The van der Waals surface area contributed by atoms with Crippen LogP contribution in [0.1, 0.15) is 90.2 Å². The minimum absolute atomic E-state index is 0. The molecule has 18 nitrogen and oxygen atoms in total. The van der Waals surface area contributed by atoms with E-state index in [9.17, 15) is 28.8 Å². The first-order valence-electron chi connectivity index (χ1n) is 25.5. The highest BCUT2D eigenvalue weighted by atomic mass is 35.5. The quantitative estimate of drug-likeness (QED) is 0.0916. The van der Waals surface area contributed by atoms with Gasteiger partial charge in [-0.05, 0) is 104 Å². The second kappa shape index (κ2) is 29.8. The van der Waals surface area contributed by atoms with Crippen LogP contribution in [0.25, 0.3) is 0 Å². The monoisotopic (exact) mass is 1050 g/mol. The molecule has 0 aliphatic carbocycles. The van der Waals surface area contributed by atoms with Crippen molar-refractivity contribution in [2.45, 2.75) is 152 Å². The summed E-state index contributed by atoms with van der Waals surface area (Å²) in [5.41, 5.74) is 2.21. The van der Waals surface area contributed by atoms with Crippen molar-refractivity contribution in [3.05, 3.63) is 71.8 Å². The van der Waals surface area contributed by atoms with Crippen LogP contribution in [0.5, 0.6) is 0 Å². The fraction of sp³-hybridized carbons (Fsp3) is 0.654. The molecule has 2 aromatic rings. The third-order valence-electron chi connectivity index (χ3n) is 14.4. The molecule has 0 saturated carbocycles. The summed E-state index contributed by atoms with van der Waals surface area (Å²) in [5, 5.41) is 11.8. The zero-order valence-corrected chi connectivity index (χ0v) is 44.6. The first-order chi connectivity index (χ1) is 33.8. The highest BCUT2D eigenvalue weighted by molar-refractivity contribution is 5.91. The van der Waals surface area contributed by atoms with Gasteiger partial charge in [0.05, 0.1) is 36.4 Å². The standard InChI is InChI=1S/C52H78N8O10.2ClH/c1-35(53-5)47(61)55-45(49(63)57-25-17-23-41(57)31-59-43(33-69-51(59)65)29-39-19-11-9-12-20-39)37(3)67-27-15-7-8-16-28-68-38(4)46(56-48(62)36(2)54-6)50(64)58-26-18-24-42(58)32-60-44(34-70-52(60)66)30-40-21-13-10-14-22-40;;/h9-14,19-22,35-38,41-46,53-54H,7-8,15-18,23-34H2,1-6H3,(H,55,61)(H,56,62);2*1H/t35-,36-,37+,38+,41-,42-,43-,44-,45-,46-;;/m0../s1. The first-order valence-corrected chi connectivity index (χ1v) is 25.5. The van der Waals surface area contributed by atoms with Gasteiger partial charge in [-0.25, -0.2) is 9.59 Å². The van der Waals surface area contributed by atoms with Gasteiger partial charge in [-0.15, -0.1) is 24.8 Å². The van der Waals surface area contributed by atoms with Crippen LogP contribution in [0.15, 0.2) is 60.7 Å². The maximum absolute atomic E-state index is 14.4. The summed E-state index contributed by atoms with van der Waals surface area (Å²) in [6.45, 7) is 10.1. The number of nitrogens with zero attached hydrogens (tertiary/aromatic N) is 4. The van der Waals surface area contributed by atoms with E-state index in [4.69, 9.17) is 18.9 Å². The number of halogens is 2. The third-order valence-corrected chi connectivity index (χ3v) is 14.4. The van der Waals surface area contributed by atoms with Crippen molar-refractivity contribution >= 4 is 60.6 Å². The maximum atomic E-state index is 14.4. The highest BCUT2D eigenvalue weighted by Gasteiger charge is 2.43. The van der Waals surface area contributed by atoms with E-state index in [-0.39, 0.29) is 84.8 Å². The number of amides is 6. The molecule has 4 fully saturated rings. The van der Waals surface area contributed by atoms with Crippen molar-refractivity contribution in [3.63, 3.8) is 0 Å². The largest absolute Gasteiger partial charge is 0.447 e. The van der Waals surface area contributed by atoms with Crippen molar-refractivity contribution in [3.8, 4) is 0 Å². The number of carbonyl (C=O) groups excluding carboxylic acids is 6. The van der Waals surface area contributed by atoms with Gasteiger partial charge in [0.2, 0.25) is 23.6 Å². The van der Waals surface area contributed by atoms with Gasteiger partial charge in [-0.2, -0.15) is 0 Å². The summed E-state index contributed by atoms with van der Waals surface area (Å²) in [7, 11) is 3.38. The molecule has 0 bridgehead atoms. The lowest BCUT2D eigenvalue weighted by molar-refractivity contribution is -0.142. The van der Waals surface area contributed by atoms with Gasteiger partial charge in [0.1, 0.15) is 25.3 Å². The molecule has 6 rings (SSSR count). The first kappa shape index (κ1) is 59.8. The fourth-order valence-corrected chi connectivity index (χ4v) is 9.85. The molecule has 0 unspecified atom stereocenters. The lowest BCUT2D eigenvalue weighted by Gasteiger charge is -2.34. The minimum Gasteiger partial charge on any atom is -0.447 e. The Hall–Kier alpha value is -4.72. The Bertz CT molecular complexity index is 1890. The van der Waals surface area contributed by atoms with E-state index >= 15 is 0 Å². The van der Waals surface area contributed by atoms with Crippen LogP contribution in [0, 0.1) is 0 Å². The Labute approximate surface area is 438 Å². The predicted molar refractivity (Wildman–Crippen MR) is 278 cm³/mol. The zero-order chi connectivity index (χ0) is 50.2. The van der Waals surface area contributed by atoms with E-state index in [1.54, 1.807) is 47.5 Å². The van der Waals surface area contributed by atoms with Crippen LogP contribution in [-0.4, -0.2) is 183 Å². The average Bonchev–Trinajstić information content (AvgIpc) is 4.19. The molecule has 20 heteroatoms. The van der Waals surface area contributed by atoms with Crippen LogP contribution < -0.4 is 21.3 Å². The SMILES string of the molecule is CN[C@@H](C)C(=O)N[C@H](C(=O)N1CCC[C@H]1CN1C(=O)OC[C@@H]1Cc1ccccc1)[C@@H](C)OCCCCCCO[C@H](C)[C@H](NC(=O)[C@H](C)NC)C(=O)N1CCC[C@H]1CN1C(=O)OC[C@@H]1Cc1ccccc1.Cl.Cl. The number of nitrogens with one attached hydrogen (secondary N) is 4. The maximum Gasteiger partial charge on any atom is 0.410 e. The number of rotatable bonds is 27. The number of hydrogen-bond donors (Lipinski definition) is 4. The summed E-state index contributed by atoms with van der Waals surface area (Å²) >= 11 is 0. The molecule has 2 aromatic carbocycles. The molecular formula is C52H80Cl2N8O10. The number of carbonyl (C=O) groups is 6. The molecule has 0 aromatic heterocycles. The summed E-state index contributed by atoms with van der Waals surface area (Å²) in [5.74, 6) is -1.09. The van der Waals surface area contributed by atoms with Crippen molar-refractivity contribution in [1.29, 1.82) is 0 Å². The molecule has 4 aliphatic heterocycles. The molecular weight excluding hydrogens is 968 g/mol. The lowest BCUT2D eigenvalue weighted by atomic mass is 10.0. The summed E-state index contributed by atoms with van der Waals surface area (Å²) < 4.78 is 23.5. The van der Waals surface area contributed by atoms with E-state index in [0.717, 1.165) is 49.7 Å². The van der Waals surface area contributed by atoms with Gasteiger partial charge < -0.3 is 50.0 Å². The number of likely N-dealkylation sites (tertiary alicyclic amines) is 2. The Morgan fingerprint density at radius 3 is 1.32 bits per heavy atom. The normalized spacial score (nSPS) is 22.2. The van der Waals surface area contributed by atoms with Crippen LogP contribution in [0.3, 0.4) is 0 Å². The smallest absolute Gasteiger partial charge is 0.410 e. The predicted octanol–water partition coefficient (Wildman–Crippen LogP) is 4.50. The second-order valence-electron chi connectivity index (χ2n) is 19.4. The number of ether oxygens (including phenoxy) is 4. The van der Waals surface area contributed by atoms with E-state index in [1.807, 2.05) is 74.5 Å². The van der Waals surface area contributed by atoms with Crippen LogP contribution >= 0.6 is 24.8 Å². The number of benzene rings is 2. The van der Waals surface area contributed by atoms with Crippen LogP contribution in [-0.2, 0) is 51.0 Å². The zero-order valence-electron chi connectivity index (χ0n) is 43.0. The lowest BCUT2D eigenvalue weighted by Crippen LogP contribution is -2.59. The number of unbranched alkanes of at least 4 members (excludes halogenated alkanes) is 3.